The van der Waals surface area contributed by atoms with E-state index in [2.05, 4.69) is 12.2 Å². The summed E-state index contributed by atoms with van der Waals surface area (Å²) in [6.07, 6.45) is 0.994. The van der Waals surface area contributed by atoms with Crippen LogP contribution in [0.15, 0.2) is 30.3 Å². The van der Waals surface area contributed by atoms with E-state index >= 15 is 0 Å². The summed E-state index contributed by atoms with van der Waals surface area (Å²) in [5.74, 6) is -0.0939. The lowest BCUT2D eigenvalue weighted by Gasteiger charge is -2.17. The fourth-order valence-electron chi connectivity index (χ4n) is 2.94. The van der Waals surface area contributed by atoms with E-state index in [4.69, 9.17) is 0 Å². The van der Waals surface area contributed by atoms with Gasteiger partial charge >= 0.3 is 0 Å². The molecule has 0 aliphatic heterocycles. The Labute approximate surface area is 128 Å². The maximum Gasteiger partial charge on any atom is 0.261 e. The number of amides is 1. The van der Waals surface area contributed by atoms with Gasteiger partial charge in [0.1, 0.15) is 0 Å². The molecule has 1 aromatic carbocycles. The number of carbonyl (C=O) groups excluding carboxylic acids is 1. The molecule has 3 rings (SSSR count). The summed E-state index contributed by atoms with van der Waals surface area (Å²) >= 11 is 1.52. The number of aliphatic hydroxyl groups is 1. The zero-order valence-corrected chi connectivity index (χ0v) is 13.0. The third-order valence-electron chi connectivity index (χ3n) is 4.12. The summed E-state index contributed by atoms with van der Waals surface area (Å²) in [6, 6.07) is 9.55. The molecule has 110 valence electrons. The zero-order chi connectivity index (χ0) is 15.0. The number of aryl methyl sites for hydroxylation is 2. The van der Waals surface area contributed by atoms with Crippen LogP contribution in [0.25, 0.3) is 0 Å². The molecule has 1 heterocycles. The first-order chi connectivity index (χ1) is 10.1. The van der Waals surface area contributed by atoms with Gasteiger partial charge in [0.05, 0.1) is 17.0 Å². The van der Waals surface area contributed by atoms with Gasteiger partial charge in [0, 0.05) is 11.3 Å². The van der Waals surface area contributed by atoms with Crippen LogP contribution in [0.2, 0.25) is 0 Å². The molecule has 2 atom stereocenters. The molecular weight excluding hydrogens is 282 g/mol. The van der Waals surface area contributed by atoms with E-state index < -0.39 is 6.10 Å². The zero-order valence-electron chi connectivity index (χ0n) is 12.2. The van der Waals surface area contributed by atoms with Crippen LogP contribution < -0.4 is 5.32 Å². The number of aliphatic hydroxyl groups excluding tert-OH is 1. The van der Waals surface area contributed by atoms with Crippen molar-refractivity contribution in [3.05, 3.63) is 56.8 Å². The summed E-state index contributed by atoms with van der Waals surface area (Å²) in [6.45, 7) is 4.13. The van der Waals surface area contributed by atoms with Crippen LogP contribution in [0.4, 0.5) is 0 Å². The van der Waals surface area contributed by atoms with E-state index in [0.717, 1.165) is 22.4 Å². The molecule has 1 aliphatic rings. The summed E-state index contributed by atoms with van der Waals surface area (Å²) in [5.41, 5.74) is 3.37. The van der Waals surface area contributed by atoms with Crippen LogP contribution in [0, 0.1) is 6.92 Å². The standard InChI is InChI=1S/C17H19NO2S/c1-3-11-9-15(21-10(11)2)17(20)18-16-13-7-5-4-6-12(13)8-14(16)19/h4-7,9,14,16,19H,3,8H2,1-2H3,(H,18,20)/t14-,16+/m0/s1. The quantitative estimate of drug-likeness (QED) is 0.915. The first-order valence-electron chi connectivity index (χ1n) is 7.26. The Bertz CT molecular complexity index is 677. The molecule has 1 aromatic heterocycles. The number of benzene rings is 1. The molecule has 1 aliphatic carbocycles. The molecule has 0 unspecified atom stereocenters. The van der Waals surface area contributed by atoms with Crippen molar-refractivity contribution in [1.29, 1.82) is 0 Å². The largest absolute Gasteiger partial charge is 0.390 e. The number of hydrogen-bond donors (Lipinski definition) is 2. The summed E-state index contributed by atoms with van der Waals surface area (Å²) in [7, 11) is 0. The predicted octanol–water partition coefficient (Wildman–Crippen LogP) is 3.01. The third kappa shape index (κ3) is 2.61. The number of hydrogen-bond acceptors (Lipinski definition) is 3. The Hall–Kier alpha value is -1.65. The van der Waals surface area contributed by atoms with Crippen molar-refractivity contribution in [3.8, 4) is 0 Å². The average molecular weight is 301 g/mol. The molecule has 0 radical (unpaired) electrons. The van der Waals surface area contributed by atoms with Gasteiger partial charge in [-0.15, -0.1) is 11.3 Å². The van der Waals surface area contributed by atoms with Crippen molar-refractivity contribution in [2.75, 3.05) is 0 Å². The molecule has 0 spiro atoms. The lowest BCUT2D eigenvalue weighted by atomic mass is 10.1. The molecule has 0 saturated heterocycles. The topological polar surface area (TPSA) is 49.3 Å². The van der Waals surface area contributed by atoms with Crippen molar-refractivity contribution in [3.63, 3.8) is 0 Å². The molecule has 4 heteroatoms. The summed E-state index contributed by atoms with van der Waals surface area (Å²) in [5, 5.41) is 13.2. The lowest BCUT2D eigenvalue weighted by Crippen LogP contribution is -2.33. The molecule has 21 heavy (non-hydrogen) atoms. The highest BCUT2D eigenvalue weighted by Gasteiger charge is 2.32. The summed E-state index contributed by atoms with van der Waals surface area (Å²) < 4.78 is 0. The second-order valence-corrected chi connectivity index (χ2v) is 6.72. The van der Waals surface area contributed by atoms with E-state index in [1.54, 1.807) is 0 Å². The van der Waals surface area contributed by atoms with Crippen molar-refractivity contribution in [2.24, 2.45) is 0 Å². The Morgan fingerprint density at radius 1 is 1.43 bits per heavy atom. The van der Waals surface area contributed by atoms with Crippen LogP contribution in [-0.4, -0.2) is 17.1 Å². The van der Waals surface area contributed by atoms with Crippen molar-refractivity contribution in [2.45, 2.75) is 38.8 Å². The number of fused-ring (bicyclic) bond motifs is 1. The van der Waals surface area contributed by atoms with Crippen molar-refractivity contribution in [1.82, 2.24) is 5.32 Å². The number of carbonyl (C=O) groups is 1. The van der Waals surface area contributed by atoms with Crippen LogP contribution >= 0.6 is 11.3 Å². The van der Waals surface area contributed by atoms with Crippen molar-refractivity contribution >= 4 is 17.2 Å². The Kier molecular flexibility index (Phi) is 3.83. The highest BCUT2D eigenvalue weighted by atomic mass is 32.1. The van der Waals surface area contributed by atoms with Gasteiger partial charge in [-0.2, -0.15) is 0 Å². The van der Waals surface area contributed by atoms with Crippen LogP contribution in [0.5, 0.6) is 0 Å². The first-order valence-corrected chi connectivity index (χ1v) is 8.07. The fourth-order valence-corrected chi connectivity index (χ4v) is 3.96. The Morgan fingerprint density at radius 2 is 2.19 bits per heavy atom. The number of rotatable bonds is 3. The van der Waals surface area contributed by atoms with Crippen LogP contribution in [-0.2, 0) is 12.8 Å². The maximum atomic E-state index is 12.4. The highest BCUT2D eigenvalue weighted by Crippen LogP contribution is 2.32. The second kappa shape index (κ2) is 5.62. The van der Waals surface area contributed by atoms with Gasteiger partial charge in [-0.1, -0.05) is 31.2 Å². The van der Waals surface area contributed by atoms with Gasteiger partial charge in [-0.3, -0.25) is 4.79 Å². The molecule has 0 bridgehead atoms. The first kappa shape index (κ1) is 14.3. The fraction of sp³-hybridized carbons (Fsp3) is 0.353. The normalized spacial score (nSPS) is 20.3. The number of nitrogens with one attached hydrogen (secondary N) is 1. The molecule has 0 saturated carbocycles. The molecule has 2 N–H and O–H groups in total. The van der Waals surface area contributed by atoms with E-state index in [1.165, 1.54) is 21.8 Å². The Balaban J connectivity index is 1.81. The molecule has 0 fully saturated rings. The summed E-state index contributed by atoms with van der Waals surface area (Å²) in [4.78, 5) is 14.3. The van der Waals surface area contributed by atoms with Gasteiger partial charge in [0.2, 0.25) is 0 Å². The number of thiophene rings is 1. The SMILES string of the molecule is CCc1cc(C(=O)N[C@@H]2c3ccccc3C[C@@H]2O)sc1C. The second-order valence-electron chi connectivity index (χ2n) is 5.47. The minimum atomic E-state index is -0.543. The van der Waals surface area contributed by atoms with E-state index in [-0.39, 0.29) is 11.9 Å². The van der Waals surface area contributed by atoms with Crippen molar-refractivity contribution < 1.29 is 9.90 Å². The molecule has 2 aromatic rings. The van der Waals surface area contributed by atoms with E-state index in [1.807, 2.05) is 37.3 Å². The highest BCUT2D eigenvalue weighted by molar-refractivity contribution is 7.14. The van der Waals surface area contributed by atoms with Gasteiger partial charge in [-0.05, 0) is 36.1 Å². The van der Waals surface area contributed by atoms with Gasteiger partial charge < -0.3 is 10.4 Å². The molecule has 3 nitrogen and oxygen atoms in total. The monoisotopic (exact) mass is 301 g/mol. The lowest BCUT2D eigenvalue weighted by molar-refractivity contribution is 0.0862. The maximum absolute atomic E-state index is 12.4. The van der Waals surface area contributed by atoms with E-state index in [0.29, 0.717) is 6.42 Å². The predicted molar refractivity (Wildman–Crippen MR) is 84.8 cm³/mol. The minimum Gasteiger partial charge on any atom is -0.390 e. The van der Waals surface area contributed by atoms with Gasteiger partial charge in [0.25, 0.3) is 5.91 Å². The third-order valence-corrected chi connectivity index (χ3v) is 5.21. The van der Waals surface area contributed by atoms with Gasteiger partial charge in [0.15, 0.2) is 0 Å². The van der Waals surface area contributed by atoms with E-state index in [9.17, 15) is 9.90 Å². The smallest absolute Gasteiger partial charge is 0.261 e. The van der Waals surface area contributed by atoms with Gasteiger partial charge in [-0.25, -0.2) is 0 Å². The van der Waals surface area contributed by atoms with Crippen LogP contribution in [0.3, 0.4) is 0 Å². The molecular formula is C17H19NO2S. The minimum absolute atomic E-state index is 0.0939. The van der Waals surface area contributed by atoms with Crippen LogP contribution in [0.1, 0.15) is 44.2 Å². The Morgan fingerprint density at radius 3 is 2.90 bits per heavy atom. The average Bonchev–Trinajstić information content (AvgIpc) is 3.00. The molecule has 1 amide bonds.